The minimum Gasteiger partial charge on any atom is -0.357 e. The zero-order chi connectivity index (χ0) is 20.8. The number of aliphatic imine (C=N–C) groups is 1. The largest absolute Gasteiger partial charge is 0.357 e. The molecule has 0 aliphatic carbocycles. The summed E-state index contributed by atoms with van der Waals surface area (Å²) in [5.74, 6) is 1.08. The average molecular weight is 429 g/mol. The van der Waals surface area contributed by atoms with Crippen LogP contribution < -0.4 is 10.6 Å². The van der Waals surface area contributed by atoms with Gasteiger partial charge in [-0.2, -0.15) is 0 Å². The summed E-state index contributed by atoms with van der Waals surface area (Å²) in [6.07, 6.45) is 3.04. The van der Waals surface area contributed by atoms with E-state index in [1.807, 2.05) is 25.1 Å². The SMILES string of the molecule is CCNC(=NCC(C)(C)Cc1cccc(Cl)c1)NCC1CCN(S(C)(=O)=O)C1. The highest BCUT2D eigenvalue weighted by Crippen LogP contribution is 2.24. The van der Waals surface area contributed by atoms with Crippen molar-refractivity contribution in [1.82, 2.24) is 14.9 Å². The molecule has 0 spiro atoms. The predicted octanol–water partition coefficient (Wildman–Crippen LogP) is 2.75. The summed E-state index contributed by atoms with van der Waals surface area (Å²) in [6, 6.07) is 7.96. The smallest absolute Gasteiger partial charge is 0.211 e. The van der Waals surface area contributed by atoms with Crippen LogP contribution in [0.3, 0.4) is 0 Å². The number of benzene rings is 1. The van der Waals surface area contributed by atoms with Gasteiger partial charge >= 0.3 is 0 Å². The Morgan fingerprint density at radius 3 is 2.71 bits per heavy atom. The Balaban J connectivity index is 1.90. The number of hydrogen-bond donors (Lipinski definition) is 2. The summed E-state index contributed by atoms with van der Waals surface area (Å²) in [7, 11) is -3.10. The maximum atomic E-state index is 11.7. The van der Waals surface area contributed by atoms with Crippen molar-refractivity contribution in [3.63, 3.8) is 0 Å². The minimum absolute atomic E-state index is 0.00647. The molecule has 6 nitrogen and oxygen atoms in total. The molecule has 1 atom stereocenters. The lowest BCUT2D eigenvalue weighted by atomic mass is 9.86. The Morgan fingerprint density at radius 1 is 1.36 bits per heavy atom. The Bertz CT molecular complexity index is 780. The van der Waals surface area contributed by atoms with Crippen molar-refractivity contribution >= 4 is 27.6 Å². The lowest BCUT2D eigenvalue weighted by molar-refractivity contribution is 0.376. The first-order valence-corrected chi connectivity index (χ1v) is 12.0. The Labute approximate surface area is 174 Å². The molecule has 1 aromatic carbocycles. The van der Waals surface area contributed by atoms with E-state index in [-0.39, 0.29) is 5.41 Å². The first kappa shape index (κ1) is 23.0. The number of nitrogens with zero attached hydrogens (tertiary/aromatic N) is 2. The normalized spacial score (nSPS) is 19.0. The van der Waals surface area contributed by atoms with E-state index in [1.54, 1.807) is 4.31 Å². The molecule has 2 N–H and O–H groups in total. The molecule has 8 heteroatoms. The van der Waals surface area contributed by atoms with E-state index >= 15 is 0 Å². The van der Waals surface area contributed by atoms with E-state index in [0.29, 0.717) is 32.1 Å². The summed E-state index contributed by atoms with van der Waals surface area (Å²) < 4.78 is 24.9. The van der Waals surface area contributed by atoms with Gasteiger partial charge in [0.25, 0.3) is 0 Å². The molecule has 1 unspecified atom stereocenters. The topological polar surface area (TPSA) is 73.8 Å². The Kier molecular flexibility index (Phi) is 8.16. The van der Waals surface area contributed by atoms with Crippen LogP contribution in [-0.2, 0) is 16.4 Å². The molecule has 28 heavy (non-hydrogen) atoms. The maximum Gasteiger partial charge on any atom is 0.211 e. The molecular formula is C20H33ClN4O2S. The molecule has 1 aliphatic heterocycles. The summed E-state index contributed by atoms with van der Waals surface area (Å²) >= 11 is 6.10. The zero-order valence-electron chi connectivity index (χ0n) is 17.3. The summed E-state index contributed by atoms with van der Waals surface area (Å²) in [4.78, 5) is 4.76. The highest BCUT2D eigenvalue weighted by atomic mass is 35.5. The van der Waals surface area contributed by atoms with E-state index in [2.05, 4.69) is 30.5 Å². The molecule has 2 rings (SSSR count). The third kappa shape index (κ3) is 7.60. The van der Waals surface area contributed by atoms with Crippen LogP contribution in [0.5, 0.6) is 0 Å². The van der Waals surface area contributed by atoms with Gasteiger partial charge in [-0.1, -0.05) is 37.6 Å². The number of guanidine groups is 1. The fourth-order valence-corrected chi connectivity index (χ4v) is 4.53. The molecule has 0 bridgehead atoms. The van der Waals surface area contributed by atoms with Gasteiger partial charge in [0.1, 0.15) is 0 Å². The fourth-order valence-electron chi connectivity index (χ4n) is 3.40. The van der Waals surface area contributed by atoms with Gasteiger partial charge in [0, 0.05) is 37.7 Å². The van der Waals surface area contributed by atoms with Crippen LogP contribution in [0.15, 0.2) is 29.3 Å². The van der Waals surface area contributed by atoms with Gasteiger partial charge in [0.2, 0.25) is 10.0 Å². The second-order valence-corrected chi connectivity index (χ2v) is 10.7. The zero-order valence-corrected chi connectivity index (χ0v) is 18.9. The first-order chi connectivity index (χ1) is 13.1. The van der Waals surface area contributed by atoms with Gasteiger partial charge in [0.05, 0.1) is 6.26 Å². The number of halogens is 1. The van der Waals surface area contributed by atoms with E-state index < -0.39 is 10.0 Å². The molecule has 1 fully saturated rings. The molecular weight excluding hydrogens is 396 g/mol. The van der Waals surface area contributed by atoms with Crippen molar-refractivity contribution in [3.05, 3.63) is 34.9 Å². The Morgan fingerprint density at radius 2 is 2.11 bits per heavy atom. The van der Waals surface area contributed by atoms with Crippen LogP contribution in [-0.4, -0.2) is 57.7 Å². The van der Waals surface area contributed by atoms with Crippen LogP contribution in [0.1, 0.15) is 32.8 Å². The third-order valence-corrected chi connectivity index (χ3v) is 6.36. The highest BCUT2D eigenvalue weighted by Gasteiger charge is 2.28. The van der Waals surface area contributed by atoms with E-state index in [1.165, 1.54) is 11.8 Å². The number of rotatable bonds is 8. The molecule has 1 saturated heterocycles. The lowest BCUT2D eigenvalue weighted by Crippen LogP contribution is -2.41. The van der Waals surface area contributed by atoms with Gasteiger partial charge in [0.15, 0.2) is 5.96 Å². The predicted molar refractivity (Wildman–Crippen MR) is 117 cm³/mol. The van der Waals surface area contributed by atoms with Crippen LogP contribution in [0, 0.1) is 11.3 Å². The summed E-state index contributed by atoms with van der Waals surface area (Å²) in [5.41, 5.74) is 1.20. The van der Waals surface area contributed by atoms with E-state index in [9.17, 15) is 8.42 Å². The van der Waals surface area contributed by atoms with Crippen LogP contribution >= 0.6 is 11.6 Å². The van der Waals surface area contributed by atoms with Crippen molar-refractivity contribution in [2.24, 2.45) is 16.3 Å². The fraction of sp³-hybridized carbons (Fsp3) is 0.650. The van der Waals surface area contributed by atoms with Crippen LogP contribution in [0.2, 0.25) is 5.02 Å². The molecule has 0 amide bonds. The number of nitrogens with one attached hydrogen (secondary N) is 2. The van der Waals surface area contributed by atoms with Crippen molar-refractivity contribution in [3.8, 4) is 0 Å². The van der Waals surface area contributed by atoms with E-state index in [4.69, 9.17) is 16.6 Å². The monoisotopic (exact) mass is 428 g/mol. The van der Waals surface area contributed by atoms with Crippen molar-refractivity contribution < 1.29 is 8.42 Å². The molecule has 0 saturated carbocycles. The molecule has 0 radical (unpaired) electrons. The molecule has 0 aromatic heterocycles. The highest BCUT2D eigenvalue weighted by molar-refractivity contribution is 7.88. The number of sulfonamides is 1. The van der Waals surface area contributed by atoms with Gasteiger partial charge in [-0.25, -0.2) is 12.7 Å². The quantitative estimate of drug-likeness (QED) is 0.493. The summed E-state index contributed by atoms with van der Waals surface area (Å²) in [5, 5.41) is 7.41. The van der Waals surface area contributed by atoms with Crippen LogP contribution in [0.4, 0.5) is 0 Å². The standard InChI is InChI=1S/C20H33ClN4O2S/c1-5-22-19(23-13-17-9-10-25(14-17)28(4,26)27)24-15-20(2,3)12-16-7-6-8-18(21)11-16/h6-8,11,17H,5,9-10,12-15H2,1-4H3,(H2,22,23,24). The van der Waals surface area contributed by atoms with Crippen molar-refractivity contribution in [2.45, 2.75) is 33.6 Å². The number of hydrogen-bond acceptors (Lipinski definition) is 3. The molecule has 158 valence electrons. The van der Waals surface area contributed by atoms with Gasteiger partial charge in [-0.05, 0) is 48.8 Å². The maximum absolute atomic E-state index is 11.7. The van der Waals surface area contributed by atoms with E-state index in [0.717, 1.165) is 30.4 Å². The van der Waals surface area contributed by atoms with Gasteiger partial charge in [-0.15, -0.1) is 0 Å². The first-order valence-electron chi connectivity index (χ1n) is 9.81. The second kappa shape index (κ2) is 9.94. The molecule has 1 aromatic rings. The van der Waals surface area contributed by atoms with Crippen molar-refractivity contribution in [2.75, 3.05) is 39.0 Å². The molecule has 1 aliphatic rings. The van der Waals surface area contributed by atoms with Crippen LogP contribution in [0.25, 0.3) is 0 Å². The van der Waals surface area contributed by atoms with Gasteiger partial charge < -0.3 is 10.6 Å². The minimum atomic E-state index is -3.10. The van der Waals surface area contributed by atoms with Gasteiger partial charge in [-0.3, -0.25) is 4.99 Å². The second-order valence-electron chi connectivity index (χ2n) is 8.32. The third-order valence-electron chi connectivity index (χ3n) is 4.86. The molecule has 1 heterocycles. The Hall–Kier alpha value is -1.31. The summed E-state index contributed by atoms with van der Waals surface area (Å²) in [6.45, 7) is 9.78. The average Bonchev–Trinajstić information content (AvgIpc) is 3.06. The van der Waals surface area contributed by atoms with Crippen molar-refractivity contribution in [1.29, 1.82) is 0 Å². The lowest BCUT2D eigenvalue weighted by Gasteiger charge is -2.24.